The number of nitrogens with zero attached hydrogens (tertiary/aromatic N) is 4. The highest BCUT2D eigenvalue weighted by Crippen LogP contribution is 2.31. The number of aromatic nitrogens is 2. The molecule has 3 heterocycles. The third kappa shape index (κ3) is 4.59. The molecule has 0 unspecified atom stereocenters. The Morgan fingerprint density at radius 3 is 2.37 bits per heavy atom. The van der Waals surface area contributed by atoms with Crippen LogP contribution in [0.4, 0.5) is 19.0 Å². The summed E-state index contributed by atoms with van der Waals surface area (Å²) in [7, 11) is 0. The van der Waals surface area contributed by atoms with E-state index in [-0.39, 0.29) is 5.92 Å². The quantitative estimate of drug-likeness (QED) is 0.748. The molecule has 8 heteroatoms. The van der Waals surface area contributed by atoms with E-state index in [4.69, 9.17) is 14.7 Å². The van der Waals surface area contributed by atoms with Crippen molar-refractivity contribution in [2.75, 3.05) is 37.7 Å². The first-order valence-corrected chi connectivity index (χ1v) is 10.4. The molecule has 5 nitrogen and oxygen atoms in total. The molecule has 1 aromatic heterocycles. The van der Waals surface area contributed by atoms with Crippen molar-refractivity contribution in [2.24, 2.45) is 0 Å². The molecule has 2 aliphatic heterocycles. The summed E-state index contributed by atoms with van der Waals surface area (Å²) in [5, 5.41) is 0. The SMILES string of the molecule is CC(C)c1nc2c(c(N3CCOCC3)n1)CCN(Cc1ccc(C(F)(F)F)cc1)C2. The number of hydrogen-bond acceptors (Lipinski definition) is 5. The maximum absolute atomic E-state index is 12.8. The van der Waals surface area contributed by atoms with Crippen LogP contribution in [0.3, 0.4) is 0 Å². The van der Waals surface area contributed by atoms with E-state index in [0.29, 0.717) is 26.3 Å². The van der Waals surface area contributed by atoms with Crippen molar-refractivity contribution >= 4 is 5.82 Å². The first-order chi connectivity index (χ1) is 14.3. The molecular weight excluding hydrogens is 393 g/mol. The van der Waals surface area contributed by atoms with Crippen molar-refractivity contribution in [3.63, 3.8) is 0 Å². The second-order valence-electron chi connectivity index (χ2n) is 8.24. The van der Waals surface area contributed by atoms with Gasteiger partial charge in [-0.25, -0.2) is 9.97 Å². The van der Waals surface area contributed by atoms with E-state index in [9.17, 15) is 13.2 Å². The third-order valence-corrected chi connectivity index (χ3v) is 5.65. The number of halogens is 3. The zero-order valence-corrected chi connectivity index (χ0v) is 17.4. The van der Waals surface area contributed by atoms with Gasteiger partial charge in [-0.2, -0.15) is 13.2 Å². The van der Waals surface area contributed by atoms with Gasteiger partial charge in [0.2, 0.25) is 0 Å². The second kappa shape index (κ2) is 8.51. The van der Waals surface area contributed by atoms with Gasteiger partial charge in [0.05, 0.1) is 24.5 Å². The fraction of sp³-hybridized carbons (Fsp3) is 0.545. The molecule has 4 rings (SSSR count). The van der Waals surface area contributed by atoms with Crippen LogP contribution in [0.5, 0.6) is 0 Å². The molecule has 0 bridgehead atoms. The largest absolute Gasteiger partial charge is 0.416 e. The van der Waals surface area contributed by atoms with Gasteiger partial charge in [0.15, 0.2) is 0 Å². The monoisotopic (exact) mass is 420 g/mol. The summed E-state index contributed by atoms with van der Waals surface area (Å²) >= 11 is 0. The van der Waals surface area contributed by atoms with Gasteiger partial charge in [-0.1, -0.05) is 26.0 Å². The summed E-state index contributed by atoms with van der Waals surface area (Å²) in [5.41, 5.74) is 2.50. The number of morpholine rings is 1. The van der Waals surface area contributed by atoms with E-state index >= 15 is 0 Å². The summed E-state index contributed by atoms with van der Waals surface area (Å²) in [6.45, 7) is 9.36. The molecule has 0 spiro atoms. The van der Waals surface area contributed by atoms with Gasteiger partial charge in [0, 0.05) is 44.2 Å². The molecule has 0 aliphatic carbocycles. The Morgan fingerprint density at radius 2 is 1.73 bits per heavy atom. The standard InChI is InChI=1S/C22H27F3N4O/c1-15(2)20-26-19-14-28(13-16-3-5-17(6-4-16)22(23,24)25)8-7-18(19)21(27-20)29-9-11-30-12-10-29/h3-6,15H,7-14H2,1-2H3. The van der Waals surface area contributed by atoms with Crippen molar-refractivity contribution in [1.29, 1.82) is 0 Å². The number of alkyl halides is 3. The van der Waals surface area contributed by atoms with Crippen molar-refractivity contribution in [2.45, 2.75) is 45.5 Å². The molecule has 162 valence electrons. The molecular formula is C22H27F3N4O. The molecule has 2 aliphatic rings. The van der Waals surface area contributed by atoms with Gasteiger partial charge in [-0.15, -0.1) is 0 Å². The van der Waals surface area contributed by atoms with Crippen LogP contribution in [0.15, 0.2) is 24.3 Å². The second-order valence-corrected chi connectivity index (χ2v) is 8.24. The molecule has 1 saturated heterocycles. The Bertz CT molecular complexity index is 877. The molecule has 2 aromatic rings. The highest BCUT2D eigenvalue weighted by molar-refractivity contribution is 5.51. The highest BCUT2D eigenvalue weighted by Gasteiger charge is 2.30. The lowest BCUT2D eigenvalue weighted by Gasteiger charge is -2.34. The Morgan fingerprint density at radius 1 is 1.03 bits per heavy atom. The van der Waals surface area contributed by atoms with Crippen LogP contribution in [-0.4, -0.2) is 47.7 Å². The van der Waals surface area contributed by atoms with Gasteiger partial charge in [0.25, 0.3) is 0 Å². The third-order valence-electron chi connectivity index (χ3n) is 5.65. The smallest absolute Gasteiger partial charge is 0.378 e. The van der Waals surface area contributed by atoms with Gasteiger partial charge in [-0.3, -0.25) is 4.90 Å². The molecule has 0 atom stereocenters. The summed E-state index contributed by atoms with van der Waals surface area (Å²) in [4.78, 5) is 14.3. The van der Waals surface area contributed by atoms with Crippen molar-refractivity contribution in [1.82, 2.24) is 14.9 Å². The minimum absolute atomic E-state index is 0.223. The minimum atomic E-state index is -4.30. The normalized spacial score (nSPS) is 18.0. The maximum atomic E-state index is 12.8. The first kappa shape index (κ1) is 21.1. The predicted molar refractivity (Wildman–Crippen MR) is 108 cm³/mol. The number of anilines is 1. The summed E-state index contributed by atoms with van der Waals surface area (Å²) in [6.07, 6.45) is -3.47. The lowest BCUT2D eigenvalue weighted by Crippen LogP contribution is -2.39. The molecule has 0 amide bonds. The maximum Gasteiger partial charge on any atom is 0.416 e. The topological polar surface area (TPSA) is 41.5 Å². The molecule has 0 N–H and O–H groups in total. The Kier molecular flexibility index (Phi) is 5.97. The minimum Gasteiger partial charge on any atom is -0.378 e. The van der Waals surface area contributed by atoms with E-state index < -0.39 is 11.7 Å². The van der Waals surface area contributed by atoms with Crippen LogP contribution >= 0.6 is 0 Å². The van der Waals surface area contributed by atoms with E-state index in [0.717, 1.165) is 61.1 Å². The molecule has 1 aromatic carbocycles. The fourth-order valence-corrected chi connectivity index (χ4v) is 3.97. The average Bonchev–Trinajstić information content (AvgIpc) is 2.73. The lowest BCUT2D eigenvalue weighted by atomic mass is 10.0. The summed E-state index contributed by atoms with van der Waals surface area (Å²) in [6, 6.07) is 5.44. The highest BCUT2D eigenvalue weighted by atomic mass is 19.4. The van der Waals surface area contributed by atoms with Gasteiger partial charge < -0.3 is 9.64 Å². The Hall–Kier alpha value is -2.19. The Balaban J connectivity index is 1.54. The van der Waals surface area contributed by atoms with Gasteiger partial charge in [0.1, 0.15) is 11.6 Å². The van der Waals surface area contributed by atoms with E-state index in [1.54, 1.807) is 12.1 Å². The van der Waals surface area contributed by atoms with Crippen LogP contribution < -0.4 is 4.90 Å². The van der Waals surface area contributed by atoms with Crippen LogP contribution in [-0.2, 0) is 30.4 Å². The zero-order chi connectivity index (χ0) is 21.3. The van der Waals surface area contributed by atoms with Crippen LogP contribution in [0.1, 0.15) is 48.0 Å². The summed E-state index contributed by atoms with van der Waals surface area (Å²) < 4.78 is 43.9. The van der Waals surface area contributed by atoms with Crippen molar-refractivity contribution < 1.29 is 17.9 Å². The Labute approximate surface area is 174 Å². The lowest BCUT2D eigenvalue weighted by molar-refractivity contribution is -0.137. The number of fused-ring (bicyclic) bond motifs is 1. The van der Waals surface area contributed by atoms with Gasteiger partial charge in [-0.05, 0) is 24.1 Å². The molecule has 30 heavy (non-hydrogen) atoms. The van der Waals surface area contributed by atoms with Crippen molar-refractivity contribution in [3.05, 3.63) is 52.5 Å². The number of hydrogen-bond donors (Lipinski definition) is 0. The summed E-state index contributed by atoms with van der Waals surface area (Å²) in [5.74, 6) is 2.09. The number of ether oxygens (including phenoxy) is 1. The van der Waals surface area contributed by atoms with Crippen LogP contribution in [0.2, 0.25) is 0 Å². The molecule has 0 radical (unpaired) electrons. The predicted octanol–water partition coefficient (Wildman–Crippen LogP) is 4.01. The molecule has 1 fully saturated rings. The zero-order valence-electron chi connectivity index (χ0n) is 17.4. The average molecular weight is 420 g/mol. The fourth-order valence-electron chi connectivity index (χ4n) is 3.97. The van der Waals surface area contributed by atoms with Crippen LogP contribution in [0, 0.1) is 0 Å². The van der Waals surface area contributed by atoms with Crippen molar-refractivity contribution in [3.8, 4) is 0 Å². The van der Waals surface area contributed by atoms with E-state index in [1.165, 1.54) is 5.56 Å². The number of benzene rings is 1. The van der Waals surface area contributed by atoms with Crippen LogP contribution in [0.25, 0.3) is 0 Å². The van der Waals surface area contributed by atoms with E-state index in [1.807, 2.05) is 0 Å². The molecule has 0 saturated carbocycles. The first-order valence-electron chi connectivity index (χ1n) is 10.4. The van der Waals surface area contributed by atoms with Gasteiger partial charge >= 0.3 is 6.18 Å². The van der Waals surface area contributed by atoms with E-state index in [2.05, 4.69) is 23.6 Å². The number of rotatable bonds is 4.